The summed E-state index contributed by atoms with van der Waals surface area (Å²) in [6, 6.07) is 5.09. The SMILES string of the molecule is CC(C)C1CCCN(C(=O)c2ccc(Cl)cc2N)CC1. The minimum atomic E-state index is 0.0311. The van der Waals surface area contributed by atoms with Crippen LogP contribution in [0, 0.1) is 11.8 Å². The summed E-state index contributed by atoms with van der Waals surface area (Å²) < 4.78 is 0. The van der Waals surface area contributed by atoms with E-state index in [-0.39, 0.29) is 5.91 Å². The molecule has 2 rings (SSSR count). The van der Waals surface area contributed by atoms with Gasteiger partial charge >= 0.3 is 0 Å². The first kappa shape index (κ1) is 15.2. The van der Waals surface area contributed by atoms with E-state index in [1.807, 2.05) is 4.90 Å². The van der Waals surface area contributed by atoms with Crippen LogP contribution in [-0.2, 0) is 0 Å². The molecular weight excluding hydrogens is 272 g/mol. The fraction of sp³-hybridized carbons (Fsp3) is 0.562. The monoisotopic (exact) mass is 294 g/mol. The van der Waals surface area contributed by atoms with Gasteiger partial charge in [0.1, 0.15) is 0 Å². The van der Waals surface area contributed by atoms with Gasteiger partial charge in [0.05, 0.1) is 5.56 Å². The van der Waals surface area contributed by atoms with Crippen molar-refractivity contribution in [1.29, 1.82) is 0 Å². The van der Waals surface area contributed by atoms with Crippen LogP contribution in [0.2, 0.25) is 5.02 Å². The standard InChI is InChI=1S/C16H23ClN2O/c1-11(2)12-4-3-8-19(9-7-12)16(20)14-6-5-13(17)10-15(14)18/h5-6,10-12H,3-4,7-9,18H2,1-2H3. The summed E-state index contributed by atoms with van der Waals surface area (Å²) in [6.45, 7) is 6.17. The van der Waals surface area contributed by atoms with Crippen LogP contribution in [0.25, 0.3) is 0 Å². The van der Waals surface area contributed by atoms with E-state index >= 15 is 0 Å². The molecule has 2 N–H and O–H groups in total. The van der Waals surface area contributed by atoms with Crippen LogP contribution in [0.3, 0.4) is 0 Å². The van der Waals surface area contributed by atoms with E-state index in [2.05, 4.69) is 13.8 Å². The predicted molar refractivity (Wildman–Crippen MR) is 83.9 cm³/mol. The minimum Gasteiger partial charge on any atom is -0.398 e. The van der Waals surface area contributed by atoms with Crippen LogP contribution in [0.1, 0.15) is 43.5 Å². The molecule has 0 aliphatic carbocycles. The Kier molecular flexibility index (Phi) is 4.92. The zero-order valence-corrected chi connectivity index (χ0v) is 13.0. The number of amides is 1. The van der Waals surface area contributed by atoms with Gasteiger partial charge in [0.25, 0.3) is 5.91 Å². The number of nitrogens with two attached hydrogens (primary N) is 1. The molecule has 1 atom stereocenters. The van der Waals surface area contributed by atoms with Gasteiger partial charge in [-0.3, -0.25) is 4.79 Å². The molecule has 110 valence electrons. The normalized spacial score (nSPS) is 20.0. The van der Waals surface area contributed by atoms with E-state index < -0.39 is 0 Å². The average molecular weight is 295 g/mol. The van der Waals surface area contributed by atoms with Gasteiger partial charge in [-0.1, -0.05) is 25.4 Å². The third-order valence-electron chi connectivity index (χ3n) is 4.25. The second-order valence-corrected chi connectivity index (χ2v) is 6.40. The topological polar surface area (TPSA) is 46.3 Å². The number of carbonyl (C=O) groups excluding carboxylic acids is 1. The molecule has 0 bridgehead atoms. The van der Waals surface area contributed by atoms with Gasteiger partial charge in [0.2, 0.25) is 0 Å². The van der Waals surface area contributed by atoms with E-state index in [0.717, 1.165) is 31.8 Å². The Hall–Kier alpha value is -1.22. The molecule has 1 fully saturated rings. The molecule has 20 heavy (non-hydrogen) atoms. The predicted octanol–water partition coefficient (Wildman–Crippen LogP) is 3.82. The molecule has 0 saturated carbocycles. The second-order valence-electron chi connectivity index (χ2n) is 5.96. The molecule has 1 aliphatic rings. The number of halogens is 1. The summed E-state index contributed by atoms with van der Waals surface area (Å²) >= 11 is 5.88. The first-order valence-electron chi connectivity index (χ1n) is 7.33. The number of likely N-dealkylation sites (tertiary alicyclic amines) is 1. The summed E-state index contributed by atoms with van der Waals surface area (Å²) in [6.07, 6.45) is 3.36. The molecule has 3 nitrogen and oxygen atoms in total. The fourth-order valence-electron chi connectivity index (χ4n) is 2.89. The Bertz CT molecular complexity index is 487. The summed E-state index contributed by atoms with van der Waals surface area (Å²) in [5.41, 5.74) is 6.94. The number of hydrogen-bond donors (Lipinski definition) is 1. The molecule has 1 amide bonds. The lowest BCUT2D eigenvalue weighted by Crippen LogP contribution is -2.32. The summed E-state index contributed by atoms with van der Waals surface area (Å²) in [4.78, 5) is 14.5. The molecule has 0 radical (unpaired) electrons. The fourth-order valence-corrected chi connectivity index (χ4v) is 3.07. The van der Waals surface area contributed by atoms with Crippen LogP contribution >= 0.6 is 11.6 Å². The molecule has 1 aromatic rings. The van der Waals surface area contributed by atoms with Crippen molar-refractivity contribution in [3.8, 4) is 0 Å². The van der Waals surface area contributed by atoms with E-state index in [9.17, 15) is 4.79 Å². The van der Waals surface area contributed by atoms with Gasteiger partial charge in [-0.05, 0) is 49.3 Å². The molecule has 1 saturated heterocycles. The summed E-state index contributed by atoms with van der Waals surface area (Å²) in [7, 11) is 0. The van der Waals surface area contributed by atoms with Crippen molar-refractivity contribution in [3.05, 3.63) is 28.8 Å². The van der Waals surface area contributed by atoms with Crippen molar-refractivity contribution in [2.24, 2.45) is 11.8 Å². The van der Waals surface area contributed by atoms with Crippen LogP contribution in [-0.4, -0.2) is 23.9 Å². The van der Waals surface area contributed by atoms with E-state index in [1.54, 1.807) is 18.2 Å². The number of rotatable bonds is 2. The lowest BCUT2D eigenvalue weighted by Gasteiger charge is -2.22. The lowest BCUT2D eigenvalue weighted by molar-refractivity contribution is 0.0760. The maximum absolute atomic E-state index is 12.6. The van der Waals surface area contributed by atoms with Crippen molar-refractivity contribution in [3.63, 3.8) is 0 Å². The highest BCUT2D eigenvalue weighted by Crippen LogP contribution is 2.26. The third-order valence-corrected chi connectivity index (χ3v) is 4.48. The quantitative estimate of drug-likeness (QED) is 0.843. The molecule has 0 aromatic heterocycles. The van der Waals surface area contributed by atoms with E-state index in [0.29, 0.717) is 22.2 Å². The number of anilines is 1. The maximum Gasteiger partial charge on any atom is 0.255 e. The van der Waals surface area contributed by atoms with Crippen molar-refractivity contribution >= 4 is 23.2 Å². The van der Waals surface area contributed by atoms with Crippen LogP contribution in [0.5, 0.6) is 0 Å². The Labute approximate surface area is 126 Å². The first-order chi connectivity index (χ1) is 9.49. The average Bonchev–Trinajstić information content (AvgIpc) is 2.63. The Morgan fingerprint density at radius 3 is 2.75 bits per heavy atom. The zero-order valence-electron chi connectivity index (χ0n) is 12.2. The lowest BCUT2D eigenvalue weighted by atomic mass is 9.89. The third kappa shape index (κ3) is 3.45. The molecule has 1 aromatic carbocycles. The number of nitrogens with zero attached hydrogens (tertiary/aromatic N) is 1. The maximum atomic E-state index is 12.6. The zero-order chi connectivity index (χ0) is 14.7. The number of nitrogen functional groups attached to an aromatic ring is 1. The van der Waals surface area contributed by atoms with Crippen molar-refractivity contribution < 1.29 is 4.79 Å². The van der Waals surface area contributed by atoms with Gasteiger partial charge < -0.3 is 10.6 Å². The number of benzene rings is 1. The summed E-state index contributed by atoms with van der Waals surface area (Å²) in [5, 5.41) is 0.565. The second kappa shape index (κ2) is 6.49. The van der Waals surface area contributed by atoms with Crippen molar-refractivity contribution in [1.82, 2.24) is 4.90 Å². The van der Waals surface area contributed by atoms with Crippen molar-refractivity contribution in [2.45, 2.75) is 33.1 Å². The van der Waals surface area contributed by atoms with Crippen LogP contribution in [0.15, 0.2) is 18.2 Å². The highest BCUT2D eigenvalue weighted by atomic mass is 35.5. The minimum absolute atomic E-state index is 0.0311. The highest BCUT2D eigenvalue weighted by Gasteiger charge is 2.24. The van der Waals surface area contributed by atoms with E-state index in [1.165, 1.54) is 6.42 Å². The van der Waals surface area contributed by atoms with Gasteiger partial charge in [-0.25, -0.2) is 0 Å². The Balaban J connectivity index is 2.09. The van der Waals surface area contributed by atoms with Gasteiger partial charge in [-0.2, -0.15) is 0 Å². The smallest absolute Gasteiger partial charge is 0.255 e. The molecule has 1 aliphatic heterocycles. The molecular formula is C16H23ClN2O. The Morgan fingerprint density at radius 1 is 1.35 bits per heavy atom. The van der Waals surface area contributed by atoms with Gasteiger partial charge in [-0.15, -0.1) is 0 Å². The van der Waals surface area contributed by atoms with Crippen LogP contribution < -0.4 is 5.73 Å². The Morgan fingerprint density at radius 2 is 2.10 bits per heavy atom. The molecule has 0 spiro atoms. The van der Waals surface area contributed by atoms with Gasteiger partial charge in [0.15, 0.2) is 0 Å². The van der Waals surface area contributed by atoms with Crippen molar-refractivity contribution in [2.75, 3.05) is 18.8 Å². The number of carbonyl (C=O) groups is 1. The molecule has 4 heteroatoms. The molecule has 1 heterocycles. The number of hydrogen-bond acceptors (Lipinski definition) is 2. The largest absolute Gasteiger partial charge is 0.398 e. The first-order valence-corrected chi connectivity index (χ1v) is 7.71. The van der Waals surface area contributed by atoms with E-state index in [4.69, 9.17) is 17.3 Å². The van der Waals surface area contributed by atoms with Gasteiger partial charge in [0, 0.05) is 23.8 Å². The molecule has 1 unspecified atom stereocenters. The summed E-state index contributed by atoms with van der Waals surface area (Å²) in [5.74, 6) is 1.43. The van der Waals surface area contributed by atoms with Crippen LogP contribution in [0.4, 0.5) is 5.69 Å². The highest BCUT2D eigenvalue weighted by molar-refractivity contribution is 6.31.